The highest BCUT2D eigenvalue weighted by Crippen LogP contribution is 2.48. The highest BCUT2D eigenvalue weighted by atomic mass is 16.6. The molecule has 1 fully saturated rings. The Morgan fingerprint density at radius 2 is 1.43 bits per heavy atom. The first-order valence-electron chi connectivity index (χ1n) is 13.1. The van der Waals surface area contributed by atoms with E-state index >= 15 is 0 Å². The number of aliphatic hydroxyl groups excluding tert-OH is 1. The van der Waals surface area contributed by atoms with Crippen LogP contribution in [-0.2, 0) is 38.8 Å². The van der Waals surface area contributed by atoms with Crippen LogP contribution in [0.1, 0.15) is 34.1 Å². The summed E-state index contributed by atoms with van der Waals surface area (Å²) < 4.78 is 31.1. The number of nitrogens with zero attached hydrogens (tertiary/aromatic N) is 1. The fourth-order valence-corrected chi connectivity index (χ4v) is 5.00. The van der Waals surface area contributed by atoms with Gasteiger partial charge in [-0.2, -0.15) is 5.26 Å². The molecule has 3 aromatic carbocycles. The number of nitrogen functional groups attached to an aromatic ring is 1. The Balaban J connectivity index is 1.48. The summed E-state index contributed by atoms with van der Waals surface area (Å²) in [6.45, 7) is 0.556. The quantitative estimate of drug-likeness (QED) is 0.260. The van der Waals surface area contributed by atoms with Crippen LogP contribution in [0, 0.1) is 11.3 Å². The van der Waals surface area contributed by atoms with Crippen molar-refractivity contribution in [2.45, 2.75) is 43.7 Å². The van der Waals surface area contributed by atoms with Crippen LogP contribution in [0.25, 0.3) is 0 Å². The van der Waals surface area contributed by atoms with E-state index < -0.39 is 30.5 Å². The van der Waals surface area contributed by atoms with Gasteiger partial charge in [-0.1, -0.05) is 91.0 Å². The van der Waals surface area contributed by atoms with E-state index in [4.69, 9.17) is 29.1 Å². The molecular formula is C32H32N2O6. The van der Waals surface area contributed by atoms with E-state index in [-0.39, 0.29) is 31.3 Å². The Morgan fingerprint density at radius 3 is 1.98 bits per heavy atom. The van der Waals surface area contributed by atoms with E-state index in [0.29, 0.717) is 12.2 Å². The van der Waals surface area contributed by atoms with Crippen LogP contribution in [0.5, 0.6) is 0 Å². The van der Waals surface area contributed by atoms with Crippen LogP contribution < -0.4 is 5.73 Å². The molecule has 0 spiro atoms. The molecule has 0 radical (unpaired) electrons. The van der Waals surface area contributed by atoms with Gasteiger partial charge in [-0.25, -0.2) is 0 Å². The summed E-state index contributed by atoms with van der Waals surface area (Å²) in [6, 6.07) is 31.2. The number of rotatable bonds is 12. The summed E-state index contributed by atoms with van der Waals surface area (Å²) in [5.41, 5.74) is 8.37. The number of hydrogen-bond acceptors (Lipinski definition) is 8. The van der Waals surface area contributed by atoms with Gasteiger partial charge in [-0.3, -0.25) is 0 Å². The van der Waals surface area contributed by atoms with E-state index in [1.165, 1.54) is 6.26 Å². The molecule has 0 saturated carbocycles. The third-order valence-corrected chi connectivity index (χ3v) is 7.08. The Kier molecular flexibility index (Phi) is 8.91. The van der Waals surface area contributed by atoms with Crippen LogP contribution >= 0.6 is 0 Å². The molecule has 0 amide bonds. The van der Waals surface area contributed by atoms with Crippen molar-refractivity contribution < 1.29 is 28.5 Å². The van der Waals surface area contributed by atoms with Gasteiger partial charge < -0.3 is 34.2 Å². The van der Waals surface area contributed by atoms with Crippen molar-refractivity contribution in [2.24, 2.45) is 0 Å². The fourth-order valence-electron chi connectivity index (χ4n) is 5.00. The van der Waals surface area contributed by atoms with Crippen LogP contribution in [0.15, 0.2) is 102 Å². The molecule has 1 saturated heterocycles. The zero-order chi connectivity index (χ0) is 27.8. The third kappa shape index (κ3) is 5.94. The zero-order valence-corrected chi connectivity index (χ0v) is 22.0. The Labute approximate surface area is 233 Å². The predicted octanol–water partition coefficient (Wildman–Crippen LogP) is 4.92. The lowest BCUT2D eigenvalue weighted by Crippen LogP contribution is -2.52. The average Bonchev–Trinajstić information content (AvgIpc) is 3.53. The molecule has 0 aliphatic carbocycles. The van der Waals surface area contributed by atoms with Crippen molar-refractivity contribution in [3.05, 3.63) is 125 Å². The zero-order valence-electron chi connectivity index (χ0n) is 22.0. The van der Waals surface area contributed by atoms with Gasteiger partial charge in [0.25, 0.3) is 0 Å². The van der Waals surface area contributed by atoms with Crippen LogP contribution in [0.2, 0.25) is 0 Å². The van der Waals surface area contributed by atoms with Gasteiger partial charge in [0, 0.05) is 5.56 Å². The maximum absolute atomic E-state index is 11.0. The Hall–Kier alpha value is -3.97. The number of aliphatic hydroxyl groups is 1. The number of nitriles is 1. The van der Waals surface area contributed by atoms with E-state index in [9.17, 15) is 10.4 Å². The van der Waals surface area contributed by atoms with E-state index in [1.807, 2.05) is 97.1 Å². The number of nitrogens with two attached hydrogens (primary N) is 1. The molecule has 3 N–H and O–H groups in total. The van der Waals surface area contributed by atoms with E-state index in [2.05, 4.69) is 0 Å². The molecule has 4 aromatic rings. The average molecular weight is 541 g/mol. The first-order valence-corrected chi connectivity index (χ1v) is 13.1. The molecule has 1 aliphatic heterocycles. The van der Waals surface area contributed by atoms with Crippen LogP contribution in [-0.4, -0.2) is 36.1 Å². The summed E-state index contributed by atoms with van der Waals surface area (Å²) in [5.74, 6) is -0.0287. The van der Waals surface area contributed by atoms with Gasteiger partial charge in [-0.05, 0) is 16.7 Å². The summed E-state index contributed by atoms with van der Waals surface area (Å²) in [6.07, 6.45) is -0.878. The van der Waals surface area contributed by atoms with Crippen molar-refractivity contribution in [3.63, 3.8) is 0 Å². The Morgan fingerprint density at radius 1 is 0.850 bits per heavy atom. The monoisotopic (exact) mass is 540 g/mol. The molecule has 1 aromatic heterocycles. The normalized spacial score (nSPS) is 22.2. The number of hydrogen-bond donors (Lipinski definition) is 2. The summed E-state index contributed by atoms with van der Waals surface area (Å²) in [5, 5.41) is 20.5. The largest absolute Gasteiger partial charge is 0.451 e. The highest BCUT2D eigenvalue weighted by Gasteiger charge is 2.60. The fraction of sp³-hybridized carbons (Fsp3) is 0.281. The molecule has 2 heterocycles. The molecule has 40 heavy (non-hydrogen) atoms. The highest BCUT2D eigenvalue weighted by molar-refractivity contribution is 5.56. The second kappa shape index (κ2) is 12.9. The molecule has 4 atom stereocenters. The Bertz CT molecular complexity index is 1390. The number of furan rings is 1. The minimum atomic E-state index is -1.38. The van der Waals surface area contributed by atoms with Gasteiger partial charge in [0.1, 0.15) is 30.6 Å². The maximum Gasteiger partial charge on any atom is 0.226 e. The van der Waals surface area contributed by atoms with Gasteiger partial charge in [0.05, 0.1) is 38.7 Å². The predicted molar refractivity (Wildman–Crippen MR) is 148 cm³/mol. The third-order valence-electron chi connectivity index (χ3n) is 7.08. The minimum absolute atomic E-state index is 0.0287. The molecule has 8 nitrogen and oxygen atoms in total. The van der Waals surface area contributed by atoms with Crippen molar-refractivity contribution in [2.75, 3.05) is 18.9 Å². The van der Waals surface area contributed by atoms with Crippen molar-refractivity contribution in [1.29, 1.82) is 5.26 Å². The van der Waals surface area contributed by atoms with Crippen molar-refractivity contribution >= 4 is 5.69 Å². The molecule has 8 heteroatoms. The first-order chi connectivity index (χ1) is 19.6. The lowest BCUT2D eigenvalue weighted by Gasteiger charge is -2.37. The standard InChI is InChI=1S/C32H32N2O6/c33-16-27-29(34)26(20-37-27)30-32(22-35,39-19-25-14-8-3-9-15-25)31(38-18-24-12-6-2-7-13-24)28(40-30)21-36-17-23-10-4-1-5-11-23/h1-15,20,28,30-31,35H,17-19,21-22,34H2. The summed E-state index contributed by atoms with van der Waals surface area (Å²) >= 11 is 0. The second-order valence-electron chi connectivity index (χ2n) is 9.71. The lowest BCUT2D eigenvalue weighted by molar-refractivity contribution is -0.177. The van der Waals surface area contributed by atoms with Crippen LogP contribution in [0.4, 0.5) is 5.69 Å². The summed E-state index contributed by atoms with van der Waals surface area (Å²) in [4.78, 5) is 0. The van der Waals surface area contributed by atoms with Gasteiger partial charge >= 0.3 is 0 Å². The number of ether oxygens (including phenoxy) is 4. The minimum Gasteiger partial charge on any atom is -0.451 e. The topological polar surface area (TPSA) is 120 Å². The number of benzene rings is 3. The molecule has 5 rings (SSSR count). The molecule has 206 valence electrons. The van der Waals surface area contributed by atoms with E-state index in [0.717, 1.165) is 16.7 Å². The maximum atomic E-state index is 11.0. The van der Waals surface area contributed by atoms with Crippen molar-refractivity contribution in [3.8, 4) is 6.07 Å². The second-order valence-corrected chi connectivity index (χ2v) is 9.71. The lowest BCUT2D eigenvalue weighted by atomic mass is 9.87. The molecular weight excluding hydrogens is 508 g/mol. The summed E-state index contributed by atoms with van der Waals surface area (Å²) in [7, 11) is 0. The van der Waals surface area contributed by atoms with Crippen molar-refractivity contribution in [1.82, 2.24) is 0 Å². The molecule has 1 aliphatic rings. The van der Waals surface area contributed by atoms with E-state index in [1.54, 1.807) is 0 Å². The smallest absolute Gasteiger partial charge is 0.226 e. The van der Waals surface area contributed by atoms with Crippen LogP contribution in [0.3, 0.4) is 0 Å². The van der Waals surface area contributed by atoms with Gasteiger partial charge in [-0.15, -0.1) is 0 Å². The molecule has 0 bridgehead atoms. The first kappa shape index (κ1) is 27.6. The SMILES string of the molecule is N#Cc1occ(C2OC(COCc3ccccc3)C(OCc3ccccc3)C2(CO)OCc2ccccc2)c1N. The van der Waals surface area contributed by atoms with Gasteiger partial charge in [0.2, 0.25) is 5.76 Å². The number of anilines is 1. The molecule has 4 unspecified atom stereocenters. The van der Waals surface area contributed by atoms with Gasteiger partial charge in [0.15, 0.2) is 5.60 Å².